The first-order valence-electron chi connectivity index (χ1n) is 9.99. The highest BCUT2D eigenvalue weighted by Crippen LogP contribution is 2.37. The molecule has 0 unspecified atom stereocenters. The molecule has 160 valence electrons. The van der Waals surface area contributed by atoms with Crippen LogP contribution in [0.4, 0.5) is 23.0 Å². The average Bonchev–Trinajstić information content (AvgIpc) is 2.80. The molecule has 0 aliphatic heterocycles. The van der Waals surface area contributed by atoms with Gasteiger partial charge >= 0.3 is 0 Å². The molecule has 0 spiro atoms. The molecule has 3 heterocycles. The third kappa shape index (κ3) is 4.54. The zero-order valence-electron chi connectivity index (χ0n) is 18.1. The summed E-state index contributed by atoms with van der Waals surface area (Å²) in [6.07, 6.45) is 8.75. The lowest BCUT2D eigenvalue weighted by Gasteiger charge is -2.16. The van der Waals surface area contributed by atoms with Gasteiger partial charge in [-0.25, -0.2) is 24.9 Å². The molecule has 0 amide bonds. The van der Waals surface area contributed by atoms with Crippen molar-refractivity contribution in [1.82, 2.24) is 24.9 Å². The lowest BCUT2D eigenvalue weighted by molar-refractivity contribution is 0.418. The second-order valence-corrected chi connectivity index (χ2v) is 7.07. The Balaban J connectivity index is 1.69. The van der Waals surface area contributed by atoms with Crippen LogP contribution in [0, 0.1) is 13.8 Å². The Hall–Kier alpha value is -4.33. The minimum absolute atomic E-state index is 0.594. The Labute approximate surface area is 186 Å². The van der Waals surface area contributed by atoms with Gasteiger partial charge in [-0.05, 0) is 37.6 Å². The van der Waals surface area contributed by atoms with Crippen LogP contribution in [0.3, 0.4) is 0 Å². The summed E-state index contributed by atoms with van der Waals surface area (Å²) in [6.45, 7) is 7.69. The number of ether oxygens (including phenoxy) is 1. The first-order valence-corrected chi connectivity index (χ1v) is 9.99. The highest BCUT2D eigenvalue weighted by atomic mass is 16.5. The number of hydrogen-bond donors (Lipinski definition) is 2. The van der Waals surface area contributed by atoms with Crippen molar-refractivity contribution in [2.75, 3.05) is 17.7 Å². The number of anilines is 4. The third-order valence-electron chi connectivity index (χ3n) is 4.70. The fourth-order valence-electron chi connectivity index (χ4n) is 3.17. The highest BCUT2D eigenvalue weighted by Gasteiger charge is 2.14. The molecule has 8 nitrogen and oxygen atoms in total. The Bertz CT molecular complexity index is 1260. The maximum absolute atomic E-state index is 5.73. The van der Waals surface area contributed by atoms with Gasteiger partial charge in [0, 0.05) is 36.4 Å². The average molecular weight is 425 g/mol. The van der Waals surface area contributed by atoms with Gasteiger partial charge in [-0.2, -0.15) is 0 Å². The van der Waals surface area contributed by atoms with E-state index in [1.165, 1.54) is 0 Å². The molecule has 1 aromatic carbocycles. The molecule has 0 bridgehead atoms. The molecule has 32 heavy (non-hydrogen) atoms. The van der Waals surface area contributed by atoms with Gasteiger partial charge in [-0.15, -0.1) is 0 Å². The van der Waals surface area contributed by atoms with Crippen LogP contribution < -0.4 is 15.4 Å². The van der Waals surface area contributed by atoms with Gasteiger partial charge in [-0.1, -0.05) is 18.7 Å². The van der Waals surface area contributed by atoms with Crippen molar-refractivity contribution in [3.8, 4) is 17.1 Å². The van der Waals surface area contributed by atoms with E-state index in [-0.39, 0.29) is 0 Å². The van der Waals surface area contributed by atoms with Crippen LogP contribution in [0.2, 0.25) is 0 Å². The molecule has 0 saturated heterocycles. The van der Waals surface area contributed by atoms with Gasteiger partial charge in [0.1, 0.15) is 17.5 Å². The topological polar surface area (TPSA) is 97.7 Å². The van der Waals surface area contributed by atoms with Crippen LogP contribution >= 0.6 is 0 Å². The van der Waals surface area contributed by atoms with Crippen molar-refractivity contribution in [3.05, 3.63) is 78.6 Å². The molecule has 0 radical (unpaired) electrons. The van der Waals surface area contributed by atoms with E-state index in [9.17, 15) is 0 Å². The molecule has 2 N–H and O–H groups in total. The SMILES string of the molecule is C=Cc1cnc(Nc2ccnc(C)n2)cc1Nc1cccc(-c2ncc(C)cn2)c1OC. The van der Waals surface area contributed by atoms with E-state index < -0.39 is 0 Å². The van der Waals surface area contributed by atoms with Gasteiger partial charge < -0.3 is 15.4 Å². The molecule has 0 aliphatic rings. The van der Waals surface area contributed by atoms with Crippen LogP contribution in [-0.4, -0.2) is 32.0 Å². The maximum atomic E-state index is 5.73. The first-order chi connectivity index (χ1) is 15.6. The summed E-state index contributed by atoms with van der Waals surface area (Å²) in [7, 11) is 1.63. The lowest BCUT2D eigenvalue weighted by atomic mass is 10.1. The third-order valence-corrected chi connectivity index (χ3v) is 4.70. The zero-order chi connectivity index (χ0) is 22.5. The Morgan fingerprint density at radius 3 is 2.44 bits per heavy atom. The molecule has 0 aliphatic carbocycles. The number of nitrogens with zero attached hydrogens (tertiary/aromatic N) is 5. The van der Waals surface area contributed by atoms with E-state index >= 15 is 0 Å². The van der Waals surface area contributed by atoms with Gasteiger partial charge in [0.15, 0.2) is 11.6 Å². The number of aromatic nitrogens is 5. The largest absolute Gasteiger partial charge is 0.494 e. The van der Waals surface area contributed by atoms with E-state index in [2.05, 4.69) is 42.1 Å². The Kier molecular flexibility index (Phi) is 6.03. The molecule has 0 saturated carbocycles. The quantitative estimate of drug-likeness (QED) is 0.423. The summed E-state index contributed by atoms with van der Waals surface area (Å²) in [4.78, 5) is 21.8. The smallest absolute Gasteiger partial charge is 0.162 e. The second-order valence-electron chi connectivity index (χ2n) is 7.07. The standard InChI is InChI=1S/C24H23N7O/c1-5-17-14-26-22(31-21-9-10-25-16(3)29-21)11-20(17)30-19-8-6-7-18(23(19)32-4)24-27-12-15(2)13-28-24/h5-14H,1H2,2-4H3,(H2,25,26,29,30,31). The number of benzene rings is 1. The van der Waals surface area contributed by atoms with Crippen molar-refractivity contribution < 1.29 is 4.74 Å². The summed E-state index contributed by atoms with van der Waals surface area (Å²) < 4.78 is 5.73. The van der Waals surface area contributed by atoms with Crippen LogP contribution in [0.5, 0.6) is 5.75 Å². The molecule has 8 heteroatoms. The predicted molar refractivity (Wildman–Crippen MR) is 126 cm³/mol. The van der Waals surface area contributed by atoms with Crippen LogP contribution in [0.1, 0.15) is 17.0 Å². The summed E-state index contributed by atoms with van der Waals surface area (Å²) in [5.41, 5.74) is 4.21. The van der Waals surface area contributed by atoms with Gasteiger partial charge in [0.25, 0.3) is 0 Å². The molecule has 4 aromatic rings. The minimum Gasteiger partial charge on any atom is -0.494 e. The molecule has 0 atom stereocenters. The number of aryl methyl sites for hydroxylation is 2. The summed E-state index contributed by atoms with van der Waals surface area (Å²) in [6, 6.07) is 9.48. The van der Waals surface area contributed by atoms with Crippen molar-refractivity contribution >= 4 is 29.1 Å². The number of nitrogens with one attached hydrogen (secondary N) is 2. The van der Waals surface area contributed by atoms with Crippen molar-refractivity contribution in [3.63, 3.8) is 0 Å². The van der Waals surface area contributed by atoms with E-state index in [1.54, 1.807) is 44.0 Å². The monoisotopic (exact) mass is 425 g/mol. The fourth-order valence-corrected chi connectivity index (χ4v) is 3.17. The molecule has 4 rings (SSSR count). The van der Waals surface area contributed by atoms with Crippen LogP contribution in [0.15, 0.2) is 61.7 Å². The van der Waals surface area contributed by atoms with E-state index in [1.807, 2.05) is 38.1 Å². The minimum atomic E-state index is 0.594. The van der Waals surface area contributed by atoms with E-state index in [4.69, 9.17) is 4.74 Å². The van der Waals surface area contributed by atoms with Gasteiger partial charge in [0.05, 0.1) is 24.0 Å². The van der Waals surface area contributed by atoms with Crippen molar-refractivity contribution in [2.24, 2.45) is 0 Å². The van der Waals surface area contributed by atoms with E-state index in [0.717, 1.165) is 28.1 Å². The number of para-hydroxylation sites is 1. The predicted octanol–water partition coefficient (Wildman–Crippen LogP) is 5.08. The maximum Gasteiger partial charge on any atom is 0.162 e. The zero-order valence-corrected chi connectivity index (χ0v) is 18.1. The number of methoxy groups -OCH3 is 1. The molecular weight excluding hydrogens is 402 g/mol. The van der Waals surface area contributed by atoms with E-state index in [0.29, 0.717) is 29.0 Å². The number of pyridine rings is 1. The number of rotatable bonds is 7. The Morgan fingerprint density at radius 2 is 1.72 bits per heavy atom. The number of hydrogen-bond acceptors (Lipinski definition) is 8. The van der Waals surface area contributed by atoms with Crippen LogP contribution in [-0.2, 0) is 0 Å². The Morgan fingerprint density at radius 1 is 0.906 bits per heavy atom. The lowest BCUT2D eigenvalue weighted by Crippen LogP contribution is -2.02. The van der Waals surface area contributed by atoms with Crippen molar-refractivity contribution in [1.29, 1.82) is 0 Å². The molecular formula is C24H23N7O. The van der Waals surface area contributed by atoms with Gasteiger partial charge in [0.2, 0.25) is 0 Å². The normalized spacial score (nSPS) is 10.5. The second kappa shape index (κ2) is 9.22. The van der Waals surface area contributed by atoms with Crippen molar-refractivity contribution in [2.45, 2.75) is 13.8 Å². The molecule has 3 aromatic heterocycles. The molecule has 0 fully saturated rings. The van der Waals surface area contributed by atoms with Gasteiger partial charge in [-0.3, -0.25) is 0 Å². The fraction of sp³-hybridized carbons (Fsp3) is 0.125. The van der Waals surface area contributed by atoms with Crippen LogP contribution in [0.25, 0.3) is 17.5 Å². The summed E-state index contributed by atoms with van der Waals surface area (Å²) in [5.74, 6) is 3.21. The first kappa shape index (κ1) is 20.9. The summed E-state index contributed by atoms with van der Waals surface area (Å²) >= 11 is 0. The highest BCUT2D eigenvalue weighted by molar-refractivity contribution is 5.81. The summed E-state index contributed by atoms with van der Waals surface area (Å²) in [5, 5.41) is 6.64.